The average molecular weight is 463 g/mol. The number of carbonyl (C=O) groups excluding carboxylic acids is 1. The van der Waals surface area contributed by atoms with E-state index in [1.54, 1.807) is 0 Å². The van der Waals surface area contributed by atoms with Crippen LogP contribution in [0, 0.1) is 10.1 Å². The number of nitro groups is 1. The van der Waals surface area contributed by atoms with Gasteiger partial charge in [0.1, 0.15) is 11.5 Å². The van der Waals surface area contributed by atoms with E-state index >= 15 is 0 Å². The molecule has 1 aromatic heterocycles. The van der Waals surface area contributed by atoms with Gasteiger partial charge in [-0.2, -0.15) is 13.2 Å². The zero-order chi connectivity index (χ0) is 23.0. The molecule has 0 unspecified atom stereocenters. The predicted molar refractivity (Wildman–Crippen MR) is 108 cm³/mol. The first-order valence-electron chi connectivity index (χ1n) is 8.86. The van der Waals surface area contributed by atoms with Crippen LogP contribution in [0.25, 0.3) is 17.4 Å². The Balaban J connectivity index is 1.62. The number of carbonyl (C=O) groups is 1. The van der Waals surface area contributed by atoms with Gasteiger partial charge in [0.2, 0.25) is 5.90 Å². The molecular formula is C21H10ClF3N2O5. The smallest absolute Gasteiger partial charge is 0.416 e. The highest BCUT2D eigenvalue weighted by Gasteiger charge is 2.31. The predicted octanol–water partition coefficient (Wildman–Crippen LogP) is 5.87. The fraction of sp³-hybridized carbons (Fsp3) is 0.0476. The summed E-state index contributed by atoms with van der Waals surface area (Å²) in [6.45, 7) is 0. The van der Waals surface area contributed by atoms with Crippen LogP contribution in [0.5, 0.6) is 0 Å². The summed E-state index contributed by atoms with van der Waals surface area (Å²) in [5.41, 5.74) is -0.810. The maximum atomic E-state index is 12.9. The first-order valence-corrected chi connectivity index (χ1v) is 9.24. The van der Waals surface area contributed by atoms with E-state index in [0.717, 1.165) is 18.2 Å². The van der Waals surface area contributed by atoms with E-state index in [4.69, 9.17) is 20.8 Å². The van der Waals surface area contributed by atoms with Gasteiger partial charge in [-0.25, -0.2) is 9.79 Å². The van der Waals surface area contributed by atoms with Crippen molar-refractivity contribution in [2.45, 2.75) is 6.18 Å². The summed E-state index contributed by atoms with van der Waals surface area (Å²) in [7, 11) is 0. The fourth-order valence-corrected chi connectivity index (χ4v) is 3.14. The van der Waals surface area contributed by atoms with Crippen molar-refractivity contribution in [3.63, 3.8) is 0 Å². The molecule has 1 aliphatic rings. The van der Waals surface area contributed by atoms with Gasteiger partial charge in [-0.05, 0) is 30.3 Å². The maximum absolute atomic E-state index is 12.9. The Hall–Kier alpha value is -3.92. The second kappa shape index (κ2) is 7.97. The highest BCUT2D eigenvalue weighted by Crippen LogP contribution is 2.33. The van der Waals surface area contributed by atoms with Crippen LogP contribution in [0.3, 0.4) is 0 Å². The quantitative estimate of drug-likeness (QED) is 0.209. The molecule has 2 aromatic carbocycles. The van der Waals surface area contributed by atoms with Gasteiger partial charge in [-0.3, -0.25) is 10.1 Å². The van der Waals surface area contributed by atoms with Gasteiger partial charge in [0.15, 0.2) is 5.70 Å². The second-order valence-corrected chi connectivity index (χ2v) is 6.95. The number of rotatable bonds is 4. The Morgan fingerprint density at radius 2 is 1.88 bits per heavy atom. The van der Waals surface area contributed by atoms with Crippen LogP contribution in [0.4, 0.5) is 18.9 Å². The lowest BCUT2D eigenvalue weighted by Crippen LogP contribution is -2.06. The van der Waals surface area contributed by atoms with Crippen molar-refractivity contribution in [1.82, 2.24) is 0 Å². The summed E-state index contributed by atoms with van der Waals surface area (Å²) in [4.78, 5) is 26.4. The molecule has 0 N–H and O–H groups in total. The number of halogens is 4. The zero-order valence-corrected chi connectivity index (χ0v) is 16.5. The summed E-state index contributed by atoms with van der Waals surface area (Å²) in [6.07, 6.45) is -3.24. The van der Waals surface area contributed by atoms with Gasteiger partial charge >= 0.3 is 12.1 Å². The number of hydrogen-bond acceptors (Lipinski definition) is 6. The maximum Gasteiger partial charge on any atom is 0.416 e. The standard InChI is InChI=1S/C21H10ClF3N2O5/c22-16-9-13(27(29)30)4-6-15(16)19-26-17(20(28)32-19)10-14-5-7-18(31-14)11-2-1-3-12(8-11)21(23,24)25/h1-10H. The molecule has 0 saturated carbocycles. The number of benzene rings is 2. The van der Waals surface area contributed by atoms with E-state index in [1.165, 1.54) is 42.5 Å². The number of alkyl halides is 3. The van der Waals surface area contributed by atoms with Crippen LogP contribution in [0.1, 0.15) is 16.9 Å². The topological polar surface area (TPSA) is 94.9 Å². The largest absolute Gasteiger partial charge is 0.457 e. The molecule has 2 heterocycles. The molecule has 4 rings (SSSR count). The Morgan fingerprint density at radius 1 is 1.09 bits per heavy atom. The molecule has 11 heteroatoms. The minimum atomic E-state index is -4.49. The molecule has 0 atom stereocenters. The molecule has 0 radical (unpaired) electrons. The summed E-state index contributed by atoms with van der Waals surface area (Å²) in [5, 5.41) is 10.8. The number of hydrogen-bond donors (Lipinski definition) is 0. The third-order valence-corrected chi connectivity index (χ3v) is 4.71. The molecule has 7 nitrogen and oxygen atoms in total. The van der Waals surface area contributed by atoms with Gasteiger partial charge in [0.25, 0.3) is 5.69 Å². The molecule has 0 fully saturated rings. The molecule has 0 saturated heterocycles. The lowest BCUT2D eigenvalue weighted by Gasteiger charge is -2.07. The van der Waals surface area contributed by atoms with Crippen LogP contribution in [-0.4, -0.2) is 16.8 Å². The number of furan rings is 1. The summed E-state index contributed by atoms with van der Waals surface area (Å²) in [6, 6.07) is 11.1. The van der Waals surface area contributed by atoms with Crippen molar-refractivity contribution in [2.24, 2.45) is 4.99 Å². The molecule has 0 aliphatic carbocycles. The van der Waals surface area contributed by atoms with Gasteiger partial charge < -0.3 is 9.15 Å². The van der Waals surface area contributed by atoms with Crippen molar-refractivity contribution in [3.8, 4) is 11.3 Å². The normalized spacial score (nSPS) is 15.1. The Kier molecular flexibility index (Phi) is 5.31. The summed E-state index contributed by atoms with van der Waals surface area (Å²) >= 11 is 6.03. The van der Waals surface area contributed by atoms with Crippen LogP contribution >= 0.6 is 11.6 Å². The number of nitro benzene ring substituents is 1. The molecule has 0 bridgehead atoms. The van der Waals surface area contributed by atoms with E-state index in [9.17, 15) is 28.1 Å². The zero-order valence-electron chi connectivity index (χ0n) is 15.7. The van der Waals surface area contributed by atoms with Crippen molar-refractivity contribution in [3.05, 3.63) is 92.3 Å². The third kappa shape index (κ3) is 4.26. The highest BCUT2D eigenvalue weighted by atomic mass is 35.5. The molecule has 0 amide bonds. The number of esters is 1. The average Bonchev–Trinajstić information content (AvgIpc) is 3.34. The molecule has 1 aliphatic heterocycles. The van der Waals surface area contributed by atoms with Crippen molar-refractivity contribution >= 4 is 35.2 Å². The van der Waals surface area contributed by atoms with Crippen LogP contribution in [-0.2, 0) is 15.7 Å². The number of nitrogens with zero attached hydrogens (tertiary/aromatic N) is 2. The lowest BCUT2D eigenvalue weighted by atomic mass is 10.1. The Labute approximate surface area is 182 Å². The van der Waals surface area contributed by atoms with Crippen LogP contribution < -0.4 is 0 Å². The van der Waals surface area contributed by atoms with Crippen LogP contribution in [0.2, 0.25) is 5.02 Å². The summed E-state index contributed by atoms with van der Waals surface area (Å²) in [5.74, 6) is -0.640. The van der Waals surface area contributed by atoms with Crippen LogP contribution in [0.15, 0.2) is 69.7 Å². The molecule has 0 spiro atoms. The minimum absolute atomic E-state index is 0.0307. The number of cyclic esters (lactones) is 1. The number of aliphatic imine (C=N–C) groups is 1. The monoisotopic (exact) mass is 462 g/mol. The van der Waals surface area contributed by atoms with E-state index in [1.807, 2.05) is 0 Å². The van der Waals surface area contributed by atoms with E-state index in [2.05, 4.69) is 4.99 Å². The molecule has 32 heavy (non-hydrogen) atoms. The lowest BCUT2D eigenvalue weighted by molar-refractivity contribution is -0.384. The number of ether oxygens (including phenoxy) is 1. The fourth-order valence-electron chi connectivity index (χ4n) is 2.88. The van der Waals surface area contributed by atoms with Crippen molar-refractivity contribution < 1.29 is 32.0 Å². The van der Waals surface area contributed by atoms with Gasteiger partial charge in [0.05, 0.1) is 21.1 Å². The highest BCUT2D eigenvalue weighted by molar-refractivity contribution is 6.34. The Bertz CT molecular complexity index is 1310. The first kappa shape index (κ1) is 21.3. The SMILES string of the molecule is O=C1OC(c2ccc([N+](=O)[O-])cc2Cl)=NC1=Cc1ccc(-c2cccc(C(F)(F)F)c2)o1. The third-order valence-electron chi connectivity index (χ3n) is 4.39. The van der Waals surface area contributed by atoms with E-state index < -0.39 is 22.6 Å². The number of non-ortho nitro benzene ring substituents is 1. The van der Waals surface area contributed by atoms with Gasteiger partial charge in [0, 0.05) is 23.8 Å². The van der Waals surface area contributed by atoms with E-state index in [-0.39, 0.29) is 45.0 Å². The summed E-state index contributed by atoms with van der Waals surface area (Å²) < 4.78 is 49.4. The second-order valence-electron chi connectivity index (χ2n) is 6.54. The molecular weight excluding hydrogens is 453 g/mol. The van der Waals surface area contributed by atoms with Crippen molar-refractivity contribution in [1.29, 1.82) is 0 Å². The van der Waals surface area contributed by atoms with Gasteiger partial charge in [-0.1, -0.05) is 23.7 Å². The Morgan fingerprint density at radius 3 is 2.56 bits per heavy atom. The minimum Gasteiger partial charge on any atom is -0.457 e. The van der Waals surface area contributed by atoms with Gasteiger partial charge in [-0.15, -0.1) is 0 Å². The first-order chi connectivity index (χ1) is 15.1. The molecule has 3 aromatic rings. The molecule has 162 valence electrons. The van der Waals surface area contributed by atoms with E-state index in [0.29, 0.717) is 0 Å². The van der Waals surface area contributed by atoms with Crippen molar-refractivity contribution in [2.75, 3.05) is 0 Å².